The zero-order chi connectivity index (χ0) is 18.9. The molecule has 0 atom stereocenters. The highest BCUT2D eigenvalue weighted by Crippen LogP contribution is 2.30. The van der Waals surface area contributed by atoms with Crippen molar-refractivity contribution in [2.75, 3.05) is 7.11 Å². The lowest BCUT2D eigenvalue weighted by Crippen LogP contribution is -2.24. The van der Waals surface area contributed by atoms with Gasteiger partial charge in [-0.3, -0.25) is 0 Å². The monoisotopic (exact) mass is 408 g/mol. The summed E-state index contributed by atoms with van der Waals surface area (Å²) < 4.78 is 7.71. The van der Waals surface area contributed by atoms with Gasteiger partial charge >= 0.3 is 0 Å². The SMILES string of the molecule is COc1ccc(Cl)cc1C(=S)/N=c1\sc(C(C)(C)C)cn1CC1CCC1. The molecule has 6 heteroatoms. The molecule has 0 saturated heterocycles. The Morgan fingerprint density at radius 1 is 1.38 bits per heavy atom. The molecule has 0 amide bonds. The Bertz CT molecular complexity index is 873. The first kappa shape index (κ1) is 19.6. The third-order valence-corrected chi connectivity index (χ3v) is 6.72. The quantitative estimate of drug-likeness (QED) is 0.617. The van der Waals surface area contributed by atoms with E-state index in [2.05, 4.69) is 31.5 Å². The molecule has 1 aliphatic rings. The van der Waals surface area contributed by atoms with E-state index < -0.39 is 0 Å². The van der Waals surface area contributed by atoms with Gasteiger partial charge < -0.3 is 9.30 Å². The second-order valence-corrected chi connectivity index (χ2v) is 9.67. The molecule has 0 unspecified atom stereocenters. The van der Waals surface area contributed by atoms with E-state index in [-0.39, 0.29) is 5.41 Å². The van der Waals surface area contributed by atoms with Crippen LogP contribution in [0, 0.1) is 5.92 Å². The number of benzene rings is 1. The Kier molecular flexibility index (Phi) is 5.90. The minimum Gasteiger partial charge on any atom is -0.496 e. The van der Waals surface area contributed by atoms with Crippen LogP contribution in [0.1, 0.15) is 50.5 Å². The zero-order valence-electron chi connectivity index (χ0n) is 15.7. The number of halogens is 1. The number of rotatable bonds is 4. The van der Waals surface area contributed by atoms with Gasteiger partial charge in [-0.05, 0) is 42.4 Å². The van der Waals surface area contributed by atoms with Crippen LogP contribution in [0.2, 0.25) is 5.02 Å². The van der Waals surface area contributed by atoms with Crippen molar-refractivity contribution in [1.82, 2.24) is 4.57 Å². The molecule has 3 nitrogen and oxygen atoms in total. The summed E-state index contributed by atoms with van der Waals surface area (Å²) in [6.45, 7) is 7.71. The van der Waals surface area contributed by atoms with Gasteiger partial charge in [-0.15, -0.1) is 11.3 Å². The van der Waals surface area contributed by atoms with Crippen LogP contribution >= 0.6 is 35.2 Å². The van der Waals surface area contributed by atoms with Gasteiger partial charge in [0.2, 0.25) is 0 Å². The molecule has 0 bridgehead atoms. The molecule has 140 valence electrons. The molecule has 1 aromatic carbocycles. The maximum atomic E-state index is 6.15. The third-order valence-electron chi connectivity index (χ3n) is 4.73. The van der Waals surface area contributed by atoms with Crippen LogP contribution in [0.15, 0.2) is 29.4 Å². The van der Waals surface area contributed by atoms with Gasteiger partial charge in [0.15, 0.2) is 4.80 Å². The molecule has 0 spiro atoms. The number of hydrogen-bond donors (Lipinski definition) is 0. The highest BCUT2D eigenvalue weighted by Gasteiger charge is 2.22. The van der Waals surface area contributed by atoms with Crippen molar-refractivity contribution in [2.45, 2.75) is 52.0 Å². The van der Waals surface area contributed by atoms with E-state index in [4.69, 9.17) is 33.5 Å². The number of ether oxygens (including phenoxy) is 1. The summed E-state index contributed by atoms with van der Waals surface area (Å²) in [7, 11) is 1.63. The second-order valence-electron chi connectivity index (χ2n) is 7.84. The Morgan fingerprint density at radius 2 is 2.12 bits per heavy atom. The second kappa shape index (κ2) is 7.83. The predicted molar refractivity (Wildman–Crippen MR) is 114 cm³/mol. The van der Waals surface area contributed by atoms with Crippen molar-refractivity contribution >= 4 is 40.1 Å². The van der Waals surface area contributed by atoms with Crippen molar-refractivity contribution in [3.8, 4) is 5.75 Å². The topological polar surface area (TPSA) is 26.5 Å². The van der Waals surface area contributed by atoms with Crippen LogP contribution in [0.4, 0.5) is 0 Å². The molecule has 1 heterocycles. The maximum Gasteiger partial charge on any atom is 0.191 e. The minimum absolute atomic E-state index is 0.0924. The third kappa shape index (κ3) is 4.38. The van der Waals surface area contributed by atoms with Gasteiger partial charge in [-0.2, -0.15) is 0 Å². The first-order chi connectivity index (χ1) is 12.3. The molecule has 1 aliphatic carbocycles. The smallest absolute Gasteiger partial charge is 0.191 e. The fraction of sp³-hybridized carbons (Fsp3) is 0.500. The van der Waals surface area contributed by atoms with Crippen molar-refractivity contribution in [1.29, 1.82) is 0 Å². The molecule has 0 N–H and O–H groups in total. The molecule has 1 fully saturated rings. The summed E-state index contributed by atoms with van der Waals surface area (Å²) in [6.07, 6.45) is 6.20. The Balaban J connectivity index is 2.02. The largest absolute Gasteiger partial charge is 0.496 e. The standard InChI is InChI=1S/C20H25ClN2OS2/c1-20(2,3)17-12-23(11-13-6-5-7-13)19(26-17)22-18(25)15-10-14(21)8-9-16(15)24-4/h8-10,12-13H,5-7,11H2,1-4H3/b22-19-. The number of thiocarbonyl (C=S) groups is 1. The Hall–Kier alpha value is -1.17. The lowest BCUT2D eigenvalue weighted by molar-refractivity contribution is 0.274. The molecular formula is C20H25ClN2OS2. The van der Waals surface area contributed by atoms with Crippen LogP contribution < -0.4 is 9.54 Å². The Labute approximate surface area is 169 Å². The normalized spacial score (nSPS) is 15.8. The van der Waals surface area contributed by atoms with Gasteiger partial charge in [-0.25, -0.2) is 4.99 Å². The molecule has 0 aliphatic heterocycles. The van der Waals surface area contributed by atoms with Crippen molar-refractivity contribution in [2.24, 2.45) is 10.9 Å². The number of hydrogen-bond acceptors (Lipinski definition) is 3. The van der Waals surface area contributed by atoms with Gasteiger partial charge in [0.1, 0.15) is 10.7 Å². The van der Waals surface area contributed by atoms with Crippen LogP contribution in [0.25, 0.3) is 0 Å². The van der Waals surface area contributed by atoms with Gasteiger partial charge in [0.05, 0.1) is 12.7 Å². The zero-order valence-corrected chi connectivity index (χ0v) is 18.1. The summed E-state index contributed by atoms with van der Waals surface area (Å²) in [4.78, 5) is 7.58. The molecule has 26 heavy (non-hydrogen) atoms. The van der Waals surface area contributed by atoms with Crippen LogP contribution in [-0.4, -0.2) is 16.7 Å². The van der Waals surface area contributed by atoms with Crippen LogP contribution in [-0.2, 0) is 12.0 Å². The van der Waals surface area contributed by atoms with E-state index in [1.165, 1.54) is 24.1 Å². The van der Waals surface area contributed by atoms with Crippen molar-refractivity contribution in [3.63, 3.8) is 0 Å². The summed E-state index contributed by atoms with van der Waals surface area (Å²) >= 11 is 13.5. The maximum absolute atomic E-state index is 6.15. The van der Waals surface area contributed by atoms with Crippen molar-refractivity contribution in [3.05, 3.63) is 44.7 Å². The summed E-state index contributed by atoms with van der Waals surface area (Å²) in [5.74, 6) is 1.45. The van der Waals surface area contributed by atoms with Crippen LogP contribution in [0.5, 0.6) is 5.75 Å². The van der Waals surface area contributed by atoms with Crippen molar-refractivity contribution < 1.29 is 4.74 Å². The highest BCUT2D eigenvalue weighted by molar-refractivity contribution is 7.80. The number of methoxy groups -OCH3 is 1. The Morgan fingerprint density at radius 3 is 2.69 bits per heavy atom. The molecule has 1 saturated carbocycles. The first-order valence-corrected chi connectivity index (χ1v) is 10.5. The molecule has 2 aromatic rings. The number of aromatic nitrogens is 1. The first-order valence-electron chi connectivity index (χ1n) is 8.91. The van der Waals surface area contributed by atoms with Gasteiger partial charge in [0, 0.05) is 22.6 Å². The van der Waals surface area contributed by atoms with E-state index in [0.29, 0.717) is 15.8 Å². The van der Waals surface area contributed by atoms with Gasteiger partial charge in [0.25, 0.3) is 0 Å². The van der Waals surface area contributed by atoms with E-state index in [1.807, 2.05) is 12.1 Å². The summed E-state index contributed by atoms with van der Waals surface area (Å²) in [5.41, 5.74) is 0.853. The molecular weight excluding hydrogens is 384 g/mol. The number of thiazole rings is 1. The average molecular weight is 409 g/mol. The summed E-state index contributed by atoms with van der Waals surface area (Å²) in [5, 5.41) is 0.627. The van der Waals surface area contributed by atoms with Crippen LogP contribution in [0.3, 0.4) is 0 Å². The van der Waals surface area contributed by atoms with E-state index in [0.717, 1.165) is 22.8 Å². The lowest BCUT2D eigenvalue weighted by Gasteiger charge is -2.25. The van der Waals surface area contributed by atoms with Gasteiger partial charge in [-0.1, -0.05) is 51.0 Å². The molecule has 0 radical (unpaired) electrons. The minimum atomic E-state index is 0.0924. The number of nitrogens with zero attached hydrogens (tertiary/aromatic N) is 2. The predicted octanol–water partition coefficient (Wildman–Crippen LogP) is 5.59. The lowest BCUT2D eigenvalue weighted by atomic mass is 9.85. The average Bonchev–Trinajstić information content (AvgIpc) is 2.94. The summed E-state index contributed by atoms with van der Waals surface area (Å²) in [6, 6.07) is 5.45. The molecule has 3 rings (SSSR count). The van der Waals surface area contributed by atoms with E-state index in [1.54, 1.807) is 24.5 Å². The molecule has 1 aromatic heterocycles. The van der Waals surface area contributed by atoms with E-state index in [9.17, 15) is 0 Å². The fourth-order valence-electron chi connectivity index (χ4n) is 2.89. The highest BCUT2D eigenvalue weighted by atomic mass is 35.5. The fourth-order valence-corrected chi connectivity index (χ4v) is 4.43. The van der Waals surface area contributed by atoms with E-state index >= 15 is 0 Å².